The molecule has 0 heterocycles. The molecule has 0 aromatic heterocycles. The lowest BCUT2D eigenvalue weighted by Crippen LogP contribution is -2.21. The molecule has 0 bridgehead atoms. The number of hydrogen-bond donors (Lipinski definition) is 1. The molecule has 0 fully saturated rings. The van der Waals surface area contributed by atoms with Crippen LogP contribution in [0.25, 0.3) is 0 Å². The summed E-state index contributed by atoms with van der Waals surface area (Å²) in [7, 11) is 0. The van der Waals surface area contributed by atoms with Crippen LogP contribution in [0.15, 0.2) is 42.5 Å². The molecule has 0 unspecified atom stereocenters. The van der Waals surface area contributed by atoms with Crippen LogP contribution in [0.3, 0.4) is 0 Å². The van der Waals surface area contributed by atoms with E-state index in [1.807, 2.05) is 6.92 Å². The monoisotopic (exact) mass is 381 g/mol. The third-order valence-electron chi connectivity index (χ3n) is 3.42. The van der Waals surface area contributed by atoms with Crippen LogP contribution < -0.4 is 14.8 Å². The summed E-state index contributed by atoms with van der Waals surface area (Å²) in [5.74, 6) is -0.0282. The number of alkyl halides is 3. The van der Waals surface area contributed by atoms with Gasteiger partial charge in [-0.3, -0.25) is 9.59 Å². The standard InChI is InChI=1S/C19H18F3NO4/c1-2-8-26-16-7-6-13(11-24)17(10-16)27-12-18(25)23-15-5-3-4-14(9-15)19(20,21)22/h3-7,9-11H,2,8,12H2,1H3,(H,23,25). The van der Waals surface area contributed by atoms with Crippen molar-refractivity contribution < 1.29 is 32.2 Å². The summed E-state index contributed by atoms with van der Waals surface area (Å²) in [6.45, 7) is 1.94. The second-order valence-corrected chi connectivity index (χ2v) is 5.58. The maximum Gasteiger partial charge on any atom is 0.416 e. The van der Waals surface area contributed by atoms with Gasteiger partial charge in [0.25, 0.3) is 5.91 Å². The van der Waals surface area contributed by atoms with Crippen molar-refractivity contribution in [1.82, 2.24) is 0 Å². The zero-order valence-corrected chi connectivity index (χ0v) is 14.5. The zero-order valence-electron chi connectivity index (χ0n) is 14.5. The molecule has 27 heavy (non-hydrogen) atoms. The topological polar surface area (TPSA) is 64.6 Å². The molecule has 0 aliphatic carbocycles. The molecule has 0 radical (unpaired) electrons. The van der Waals surface area contributed by atoms with Gasteiger partial charge >= 0.3 is 6.18 Å². The molecule has 2 rings (SSSR count). The van der Waals surface area contributed by atoms with E-state index in [0.29, 0.717) is 18.6 Å². The van der Waals surface area contributed by atoms with Gasteiger partial charge in [-0.15, -0.1) is 0 Å². The molecular weight excluding hydrogens is 363 g/mol. The van der Waals surface area contributed by atoms with E-state index in [1.54, 1.807) is 6.07 Å². The lowest BCUT2D eigenvalue weighted by Gasteiger charge is -2.12. The fourth-order valence-electron chi connectivity index (χ4n) is 2.16. The van der Waals surface area contributed by atoms with Crippen molar-refractivity contribution in [2.45, 2.75) is 19.5 Å². The first-order chi connectivity index (χ1) is 12.8. The van der Waals surface area contributed by atoms with Gasteiger partial charge < -0.3 is 14.8 Å². The van der Waals surface area contributed by atoms with Gasteiger partial charge in [0.05, 0.1) is 17.7 Å². The van der Waals surface area contributed by atoms with Crippen molar-refractivity contribution in [3.63, 3.8) is 0 Å². The van der Waals surface area contributed by atoms with E-state index in [-0.39, 0.29) is 17.0 Å². The minimum atomic E-state index is -4.50. The lowest BCUT2D eigenvalue weighted by atomic mass is 10.2. The van der Waals surface area contributed by atoms with E-state index >= 15 is 0 Å². The number of hydrogen-bond acceptors (Lipinski definition) is 4. The first-order valence-corrected chi connectivity index (χ1v) is 8.15. The molecule has 0 aliphatic heterocycles. The minimum Gasteiger partial charge on any atom is -0.493 e. The first-order valence-electron chi connectivity index (χ1n) is 8.15. The lowest BCUT2D eigenvalue weighted by molar-refractivity contribution is -0.137. The Hall–Kier alpha value is -3.03. The number of carbonyl (C=O) groups excluding carboxylic acids is 2. The van der Waals surface area contributed by atoms with E-state index < -0.39 is 24.3 Å². The fraction of sp³-hybridized carbons (Fsp3) is 0.263. The number of anilines is 1. The Bertz CT molecular complexity index is 806. The molecule has 1 N–H and O–H groups in total. The Kier molecular flexibility index (Phi) is 6.81. The molecular formula is C19H18F3NO4. The molecule has 8 heteroatoms. The van der Waals surface area contributed by atoms with Gasteiger partial charge in [-0.1, -0.05) is 13.0 Å². The van der Waals surface area contributed by atoms with Crippen molar-refractivity contribution in [2.24, 2.45) is 0 Å². The fourth-order valence-corrected chi connectivity index (χ4v) is 2.16. The Balaban J connectivity index is 2.02. The molecule has 0 saturated heterocycles. The summed E-state index contributed by atoms with van der Waals surface area (Å²) >= 11 is 0. The Morgan fingerprint density at radius 2 is 1.93 bits per heavy atom. The van der Waals surface area contributed by atoms with Crippen molar-refractivity contribution in [3.05, 3.63) is 53.6 Å². The van der Waals surface area contributed by atoms with Gasteiger partial charge in [0, 0.05) is 11.8 Å². The number of nitrogens with one attached hydrogen (secondary N) is 1. The number of ether oxygens (including phenoxy) is 2. The highest BCUT2D eigenvalue weighted by atomic mass is 19.4. The van der Waals surface area contributed by atoms with Crippen LogP contribution in [0.5, 0.6) is 11.5 Å². The number of halogens is 3. The number of benzene rings is 2. The number of amides is 1. The van der Waals surface area contributed by atoms with Crippen molar-refractivity contribution in [2.75, 3.05) is 18.5 Å². The molecule has 0 spiro atoms. The van der Waals surface area contributed by atoms with Gasteiger partial charge in [0.1, 0.15) is 11.5 Å². The Morgan fingerprint density at radius 3 is 2.59 bits per heavy atom. The predicted octanol–water partition coefficient (Wildman–Crippen LogP) is 4.32. The quantitative estimate of drug-likeness (QED) is 0.692. The van der Waals surface area contributed by atoms with Gasteiger partial charge in [0.15, 0.2) is 12.9 Å². The number of aldehydes is 1. The third-order valence-corrected chi connectivity index (χ3v) is 3.42. The van der Waals surface area contributed by atoms with Gasteiger partial charge in [-0.25, -0.2) is 0 Å². The maximum absolute atomic E-state index is 12.7. The largest absolute Gasteiger partial charge is 0.493 e. The van der Waals surface area contributed by atoms with Crippen LogP contribution in [-0.2, 0) is 11.0 Å². The van der Waals surface area contributed by atoms with E-state index in [0.717, 1.165) is 18.6 Å². The summed E-state index contributed by atoms with van der Waals surface area (Å²) in [6, 6.07) is 8.85. The second-order valence-electron chi connectivity index (χ2n) is 5.58. The molecule has 144 valence electrons. The smallest absolute Gasteiger partial charge is 0.416 e. The average Bonchev–Trinajstić information content (AvgIpc) is 2.64. The highest BCUT2D eigenvalue weighted by molar-refractivity contribution is 5.92. The normalized spacial score (nSPS) is 11.0. The van der Waals surface area contributed by atoms with Crippen molar-refractivity contribution in [3.8, 4) is 11.5 Å². The molecule has 0 saturated carbocycles. The second kappa shape index (κ2) is 9.07. The Labute approximate surface area is 154 Å². The molecule has 0 aliphatic rings. The van der Waals surface area contributed by atoms with Crippen LogP contribution in [0, 0.1) is 0 Å². The summed E-state index contributed by atoms with van der Waals surface area (Å²) in [4.78, 5) is 23.1. The zero-order chi connectivity index (χ0) is 19.9. The van der Waals surface area contributed by atoms with Crippen LogP contribution >= 0.6 is 0 Å². The van der Waals surface area contributed by atoms with Crippen molar-refractivity contribution in [1.29, 1.82) is 0 Å². The maximum atomic E-state index is 12.7. The molecule has 0 atom stereocenters. The van der Waals surface area contributed by atoms with Gasteiger partial charge in [0.2, 0.25) is 0 Å². The SMILES string of the molecule is CCCOc1ccc(C=O)c(OCC(=O)Nc2cccc(C(F)(F)F)c2)c1. The molecule has 2 aromatic rings. The van der Waals surface area contributed by atoms with E-state index in [9.17, 15) is 22.8 Å². The van der Waals surface area contributed by atoms with Crippen LogP contribution in [0.2, 0.25) is 0 Å². The van der Waals surface area contributed by atoms with Gasteiger partial charge in [-0.05, 0) is 36.8 Å². The first kappa shape index (κ1) is 20.3. The number of rotatable bonds is 8. The summed E-state index contributed by atoms with van der Waals surface area (Å²) in [5.41, 5.74) is -0.648. The number of carbonyl (C=O) groups is 2. The average molecular weight is 381 g/mol. The van der Waals surface area contributed by atoms with E-state index in [2.05, 4.69) is 5.32 Å². The van der Waals surface area contributed by atoms with Crippen LogP contribution in [-0.4, -0.2) is 25.4 Å². The predicted molar refractivity (Wildman–Crippen MR) is 93.2 cm³/mol. The summed E-state index contributed by atoms with van der Waals surface area (Å²) in [6.07, 6.45) is -3.14. The summed E-state index contributed by atoms with van der Waals surface area (Å²) < 4.78 is 48.9. The van der Waals surface area contributed by atoms with Crippen LogP contribution in [0.4, 0.5) is 18.9 Å². The third kappa shape index (κ3) is 6.02. The highest BCUT2D eigenvalue weighted by Gasteiger charge is 2.30. The van der Waals surface area contributed by atoms with Crippen LogP contribution in [0.1, 0.15) is 29.3 Å². The Morgan fingerprint density at radius 1 is 1.15 bits per heavy atom. The highest BCUT2D eigenvalue weighted by Crippen LogP contribution is 2.30. The molecule has 1 amide bonds. The molecule has 2 aromatic carbocycles. The minimum absolute atomic E-state index is 0.00549. The van der Waals surface area contributed by atoms with Crippen molar-refractivity contribution >= 4 is 17.9 Å². The van der Waals surface area contributed by atoms with Gasteiger partial charge in [-0.2, -0.15) is 13.2 Å². The molecule has 5 nitrogen and oxygen atoms in total. The van der Waals surface area contributed by atoms with E-state index in [4.69, 9.17) is 9.47 Å². The summed E-state index contributed by atoms with van der Waals surface area (Å²) in [5, 5.41) is 2.33. The van der Waals surface area contributed by atoms with E-state index in [1.165, 1.54) is 24.3 Å².